The molecule has 31 heavy (non-hydrogen) atoms. The van der Waals surface area contributed by atoms with E-state index in [2.05, 4.69) is 5.32 Å². The number of amides is 1. The van der Waals surface area contributed by atoms with Crippen molar-refractivity contribution in [1.82, 2.24) is 4.57 Å². The second-order valence-corrected chi connectivity index (χ2v) is 6.85. The van der Waals surface area contributed by atoms with Crippen LogP contribution in [0.4, 0.5) is 10.5 Å². The third kappa shape index (κ3) is 6.57. The lowest BCUT2D eigenvalue weighted by molar-refractivity contribution is -0.143. The Bertz CT molecular complexity index is 1080. The molecule has 1 heterocycles. The van der Waals surface area contributed by atoms with E-state index < -0.39 is 17.6 Å². The van der Waals surface area contributed by atoms with Crippen LogP contribution >= 0.6 is 0 Å². The molecule has 0 saturated carbocycles. The largest absolute Gasteiger partial charge is 0.465 e. The molecule has 3 rings (SSSR count). The first-order valence-corrected chi connectivity index (χ1v) is 9.95. The summed E-state index contributed by atoms with van der Waals surface area (Å²) < 4.78 is 11.4. The molecule has 1 amide bonds. The average molecular weight is 420 g/mol. The molecule has 160 valence electrons. The van der Waals surface area contributed by atoms with Crippen molar-refractivity contribution in [3.05, 3.63) is 100.0 Å². The third-order valence-corrected chi connectivity index (χ3v) is 4.45. The molecule has 7 heteroatoms. The molecule has 0 radical (unpaired) electrons. The number of nitrogens with zero attached hydrogens (tertiary/aromatic N) is 1. The SMILES string of the molecule is CCOC(=O)Cn1cc(Cc2ccccc2)cc(NC(=O)OCc2ccccc2)c1=O. The van der Waals surface area contributed by atoms with Gasteiger partial charge in [-0.15, -0.1) is 0 Å². The number of pyridine rings is 1. The van der Waals surface area contributed by atoms with Crippen molar-refractivity contribution in [3.63, 3.8) is 0 Å². The van der Waals surface area contributed by atoms with Crippen molar-refractivity contribution < 1.29 is 19.1 Å². The van der Waals surface area contributed by atoms with Crippen molar-refractivity contribution in [2.24, 2.45) is 0 Å². The van der Waals surface area contributed by atoms with Gasteiger partial charge in [-0.2, -0.15) is 0 Å². The normalized spacial score (nSPS) is 10.4. The van der Waals surface area contributed by atoms with Gasteiger partial charge in [0.1, 0.15) is 18.8 Å². The van der Waals surface area contributed by atoms with E-state index in [1.807, 2.05) is 60.7 Å². The molecule has 0 aliphatic rings. The van der Waals surface area contributed by atoms with E-state index in [9.17, 15) is 14.4 Å². The fourth-order valence-corrected chi connectivity index (χ4v) is 3.05. The van der Waals surface area contributed by atoms with Crippen molar-refractivity contribution in [3.8, 4) is 0 Å². The molecule has 1 N–H and O–H groups in total. The van der Waals surface area contributed by atoms with Gasteiger partial charge in [0, 0.05) is 6.20 Å². The van der Waals surface area contributed by atoms with Crippen LogP contribution in [0.25, 0.3) is 0 Å². The van der Waals surface area contributed by atoms with Crippen LogP contribution in [0, 0.1) is 0 Å². The smallest absolute Gasteiger partial charge is 0.412 e. The van der Waals surface area contributed by atoms with Crippen molar-refractivity contribution in [2.75, 3.05) is 11.9 Å². The summed E-state index contributed by atoms with van der Waals surface area (Å²) >= 11 is 0. The van der Waals surface area contributed by atoms with Crippen LogP contribution in [0.5, 0.6) is 0 Å². The highest BCUT2D eigenvalue weighted by atomic mass is 16.5. The molecule has 0 unspecified atom stereocenters. The van der Waals surface area contributed by atoms with Crippen molar-refractivity contribution in [1.29, 1.82) is 0 Å². The zero-order chi connectivity index (χ0) is 22.1. The molecule has 0 fully saturated rings. The molecule has 3 aromatic rings. The zero-order valence-corrected chi connectivity index (χ0v) is 17.2. The third-order valence-electron chi connectivity index (χ3n) is 4.45. The number of anilines is 1. The molecule has 0 spiro atoms. The standard InChI is InChI=1S/C24H24N2O5/c1-2-30-22(27)16-26-15-20(13-18-9-5-3-6-10-18)14-21(23(26)28)25-24(29)31-17-19-11-7-4-8-12-19/h3-12,14-15H,2,13,16-17H2,1H3,(H,25,29). The van der Waals surface area contributed by atoms with Gasteiger partial charge in [-0.25, -0.2) is 4.79 Å². The van der Waals surface area contributed by atoms with Gasteiger partial charge in [0.25, 0.3) is 5.56 Å². The molecule has 0 aliphatic carbocycles. The van der Waals surface area contributed by atoms with Crippen LogP contribution in [0.3, 0.4) is 0 Å². The Morgan fingerprint density at radius 2 is 1.55 bits per heavy atom. The number of aromatic nitrogens is 1. The summed E-state index contributed by atoms with van der Waals surface area (Å²) in [5.41, 5.74) is 2.14. The predicted molar refractivity (Wildman–Crippen MR) is 117 cm³/mol. The van der Waals surface area contributed by atoms with Crippen molar-refractivity contribution in [2.45, 2.75) is 26.5 Å². The van der Waals surface area contributed by atoms with Gasteiger partial charge in [-0.05, 0) is 36.1 Å². The molecular formula is C24H24N2O5. The van der Waals surface area contributed by atoms with Gasteiger partial charge in [-0.3, -0.25) is 14.9 Å². The van der Waals surface area contributed by atoms with E-state index in [1.54, 1.807) is 19.2 Å². The number of hydrogen-bond donors (Lipinski definition) is 1. The van der Waals surface area contributed by atoms with E-state index in [1.165, 1.54) is 4.57 Å². The molecule has 0 atom stereocenters. The lowest BCUT2D eigenvalue weighted by atomic mass is 10.1. The number of carbonyl (C=O) groups excluding carboxylic acids is 2. The first-order chi connectivity index (χ1) is 15.0. The predicted octanol–water partition coefficient (Wildman–Crippen LogP) is 3.75. The van der Waals surface area contributed by atoms with E-state index in [4.69, 9.17) is 9.47 Å². The van der Waals surface area contributed by atoms with E-state index in [-0.39, 0.29) is 25.4 Å². The summed E-state index contributed by atoms with van der Waals surface area (Å²) in [5.74, 6) is -0.529. The van der Waals surface area contributed by atoms with E-state index in [0.29, 0.717) is 6.42 Å². The highest BCUT2D eigenvalue weighted by Gasteiger charge is 2.14. The summed E-state index contributed by atoms with van der Waals surface area (Å²) in [6.45, 7) is 1.74. The summed E-state index contributed by atoms with van der Waals surface area (Å²) in [5, 5.41) is 2.51. The fourth-order valence-electron chi connectivity index (χ4n) is 3.05. The zero-order valence-electron chi connectivity index (χ0n) is 17.2. The van der Waals surface area contributed by atoms with Crippen molar-refractivity contribution >= 4 is 17.7 Å². The average Bonchev–Trinajstić information content (AvgIpc) is 2.77. The van der Waals surface area contributed by atoms with Gasteiger partial charge in [0.15, 0.2) is 0 Å². The van der Waals surface area contributed by atoms with Gasteiger partial charge in [0.05, 0.1) is 6.61 Å². The van der Waals surface area contributed by atoms with Gasteiger partial charge in [-0.1, -0.05) is 60.7 Å². The monoisotopic (exact) mass is 420 g/mol. The maximum Gasteiger partial charge on any atom is 0.412 e. The number of esters is 1. The maximum absolute atomic E-state index is 12.8. The summed E-state index contributed by atoms with van der Waals surface area (Å²) in [6.07, 6.45) is 1.38. The Morgan fingerprint density at radius 1 is 0.903 bits per heavy atom. The summed E-state index contributed by atoms with van der Waals surface area (Å²) in [4.78, 5) is 37.0. The highest BCUT2D eigenvalue weighted by Crippen LogP contribution is 2.13. The molecule has 1 aromatic heterocycles. The fraction of sp³-hybridized carbons (Fsp3) is 0.208. The molecule has 7 nitrogen and oxygen atoms in total. The second-order valence-electron chi connectivity index (χ2n) is 6.85. The Morgan fingerprint density at radius 3 is 2.19 bits per heavy atom. The lowest BCUT2D eigenvalue weighted by Gasteiger charge is -2.13. The minimum atomic E-state index is -0.750. The molecular weight excluding hydrogens is 396 g/mol. The second kappa shape index (κ2) is 10.8. The highest BCUT2D eigenvalue weighted by molar-refractivity contribution is 5.84. The Balaban J connectivity index is 1.80. The first-order valence-electron chi connectivity index (χ1n) is 9.95. The van der Waals surface area contributed by atoms with Crippen LogP contribution in [0.2, 0.25) is 0 Å². The number of ether oxygens (including phenoxy) is 2. The van der Waals surface area contributed by atoms with Crippen LogP contribution in [0.15, 0.2) is 77.7 Å². The Labute approximate surface area is 180 Å². The van der Waals surface area contributed by atoms with E-state index in [0.717, 1.165) is 16.7 Å². The van der Waals surface area contributed by atoms with Gasteiger partial charge in [0.2, 0.25) is 0 Å². The van der Waals surface area contributed by atoms with Crippen LogP contribution in [-0.4, -0.2) is 23.2 Å². The van der Waals surface area contributed by atoms with Gasteiger partial charge < -0.3 is 14.0 Å². The topological polar surface area (TPSA) is 86.6 Å². The first kappa shape index (κ1) is 21.8. The van der Waals surface area contributed by atoms with E-state index >= 15 is 0 Å². The number of nitrogens with one attached hydrogen (secondary N) is 1. The minimum Gasteiger partial charge on any atom is -0.465 e. The molecule has 0 saturated heterocycles. The number of carbonyl (C=O) groups is 2. The number of benzene rings is 2. The Kier molecular flexibility index (Phi) is 7.59. The summed E-state index contributed by atoms with van der Waals surface area (Å²) in [7, 11) is 0. The number of rotatable bonds is 8. The minimum absolute atomic E-state index is 0.0378. The van der Waals surface area contributed by atoms with Crippen LogP contribution in [0.1, 0.15) is 23.6 Å². The molecule has 0 aliphatic heterocycles. The molecule has 2 aromatic carbocycles. The Hall–Kier alpha value is -3.87. The van der Waals surface area contributed by atoms with Crippen LogP contribution in [-0.2, 0) is 33.8 Å². The lowest BCUT2D eigenvalue weighted by Crippen LogP contribution is -2.29. The van der Waals surface area contributed by atoms with Gasteiger partial charge >= 0.3 is 12.1 Å². The quantitative estimate of drug-likeness (QED) is 0.561. The summed E-state index contributed by atoms with van der Waals surface area (Å²) in [6, 6.07) is 20.5. The number of hydrogen-bond acceptors (Lipinski definition) is 5. The molecule has 0 bridgehead atoms. The maximum atomic E-state index is 12.8. The van der Waals surface area contributed by atoms with Crippen LogP contribution < -0.4 is 10.9 Å².